The Morgan fingerprint density at radius 2 is 2.10 bits per heavy atom. The van der Waals surface area contributed by atoms with Crippen LogP contribution in [0.15, 0.2) is 12.3 Å². The van der Waals surface area contributed by atoms with Gasteiger partial charge in [0, 0.05) is 45.3 Å². The minimum absolute atomic E-state index is 0.213. The molecule has 1 aliphatic rings. The summed E-state index contributed by atoms with van der Waals surface area (Å²) in [5.41, 5.74) is 2.87. The van der Waals surface area contributed by atoms with E-state index in [1.54, 1.807) is 0 Å². The summed E-state index contributed by atoms with van der Waals surface area (Å²) >= 11 is 0. The summed E-state index contributed by atoms with van der Waals surface area (Å²) < 4.78 is 2.04. The maximum absolute atomic E-state index is 12.2. The molecule has 1 N–H and O–H groups in total. The van der Waals surface area contributed by atoms with Gasteiger partial charge in [0.05, 0.1) is 0 Å². The molecule has 3 heterocycles. The Morgan fingerprint density at radius 3 is 2.86 bits per heavy atom. The molecule has 0 spiro atoms. The highest BCUT2D eigenvalue weighted by molar-refractivity contribution is 5.77. The third-order valence-electron chi connectivity index (χ3n) is 3.93. The highest BCUT2D eigenvalue weighted by atomic mass is 16.2. The molecule has 1 aliphatic heterocycles. The first-order chi connectivity index (χ1) is 10.1. The third kappa shape index (κ3) is 2.90. The van der Waals surface area contributed by atoms with Crippen LogP contribution in [0.5, 0.6) is 0 Å². The van der Waals surface area contributed by atoms with Gasteiger partial charge in [-0.15, -0.1) is 0 Å². The summed E-state index contributed by atoms with van der Waals surface area (Å²) in [6, 6.07) is 2.03. The van der Waals surface area contributed by atoms with Gasteiger partial charge in [-0.1, -0.05) is 0 Å². The number of rotatable bonds is 3. The first kappa shape index (κ1) is 14.0. The number of hydrogen-bond donors (Lipinski definition) is 1. The molecule has 6 nitrogen and oxygen atoms in total. The van der Waals surface area contributed by atoms with Crippen molar-refractivity contribution in [2.45, 2.75) is 26.8 Å². The molecule has 0 aromatic carbocycles. The Morgan fingerprint density at radius 1 is 1.33 bits per heavy atom. The van der Waals surface area contributed by atoms with Crippen molar-refractivity contribution in [3.63, 3.8) is 0 Å². The van der Waals surface area contributed by atoms with Crippen LogP contribution in [0.4, 0.5) is 0 Å². The molecule has 0 unspecified atom stereocenters. The molecule has 1 amide bonds. The second-order valence-corrected chi connectivity index (χ2v) is 5.55. The van der Waals surface area contributed by atoms with Gasteiger partial charge in [0.2, 0.25) is 5.91 Å². The highest BCUT2D eigenvalue weighted by Gasteiger charge is 2.17. The minimum Gasteiger partial charge on any atom is -0.340 e. The topological polar surface area (TPSA) is 63.1 Å². The van der Waals surface area contributed by atoms with Crippen LogP contribution in [0.1, 0.15) is 17.8 Å². The monoisotopic (exact) mass is 287 g/mol. The number of pyridine rings is 1. The summed E-state index contributed by atoms with van der Waals surface area (Å²) in [4.78, 5) is 23.2. The zero-order valence-electron chi connectivity index (χ0n) is 12.6. The Labute approximate surface area is 124 Å². The van der Waals surface area contributed by atoms with Crippen molar-refractivity contribution in [1.29, 1.82) is 0 Å². The molecule has 0 bridgehead atoms. The number of nitrogens with zero attached hydrogens (tertiary/aromatic N) is 4. The Kier molecular flexibility index (Phi) is 3.88. The molecule has 6 heteroatoms. The van der Waals surface area contributed by atoms with Crippen molar-refractivity contribution in [3.8, 4) is 0 Å². The van der Waals surface area contributed by atoms with Crippen LogP contribution in [0.2, 0.25) is 0 Å². The van der Waals surface area contributed by atoms with Crippen molar-refractivity contribution in [3.05, 3.63) is 23.7 Å². The van der Waals surface area contributed by atoms with Crippen molar-refractivity contribution in [1.82, 2.24) is 24.8 Å². The maximum Gasteiger partial charge on any atom is 0.224 e. The molecule has 21 heavy (non-hydrogen) atoms. The fourth-order valence-electron chi connectivity index (χ4n) is 2.77. The quantitative estimate of drug-likeness (QED) is 0.910. The number of hydrogen-bond acceptors (Lipinski definition) is 4. The molecule has 0 radical (unpaired) electrons. The summed E-state index contributed by atoms with van der Waals surface area (Å²) in [6.07, 6.45) is 2.35. The predicted octanol–water partition coefficient (Wildman–Crippen LogP) is 0.870. The van der Waals surface area contributed by atoms with Crippen molar-refractivity contribution in [2.24, 2.45) is 0 Å². The number of aryl methyl sites for hydroxylation is 3. The number of carbonyl (C=O) groups excluding carboxylic acids is 1. The molecule has 112 valence electrons. The van der Waals surface area contributed by atoms with Crippen LogP contribution in [-0.2, 0) is 11.3 Å². The summed E-state index contributed by atoms with van der Waals surface area (Å²) in [5, 5.41) is 3.26. The number of amides is 1. The smallest absolute Gasteiger partial charge is 0.224 e. The number of aromatic nitrogens is 3. The second kappa shape index (κ2) is 5.81. The Hall–Kier alpha value is -1.95. The van der Waals surface area contributed by atoms with Gasteiger partial charge in [-0.2, -0.15) is 0 Å². The average Bonchev–Trinajstić information content (AvgIpc) is 2.80. The van der Waals surface area contributed by atoms with E-state index >= 15 is 0 Å². The zero-order chi connectivity index (χ0) is 14.8. The number of fused-ring (bicyclic) bond motifs is 1. The van der Waals surface area contributed by atoms with Gasteiger partial charge in [-0.05, 0) is 25.5 Å². The molecule has 1 saturated heterocycles. The maximum atomic E-state index is 12.2. The standard InChI is InChI=1S/C15H21N5O/c1-11-9-13-15(17-10-11)20(12(2)18-13)6-3-14(21)19-7-4-16-5-8-19/h9-10,16H,3-8H2,1-2H3. The molecule has 3 rings (SSSR count). The molecular weight excluding hydrogens is 266 g/mol. The average molecular weight is 287 g/mol. The first-order valence-electron chi connectivity index (χ1n) is 7.43. The normalized spacial score (nSPS) is 15.6. The van der Waals surface area contributed by atoms with E-state index in [1.165, 1.54) is 0 Å². The Balaban J connectivity index is 1.72. The van der Waals surface area contributed by atoms with E-state index in [0.717, 1.165) is 48.7 Å². The summed E-state index contributed by atoms with van der Waals surface area (Å²) in [6.45, 7) is 8.00. The lowest BCUT2D eigenvalue weighted by Crippen LogP contribution is -2.46. The van der Waals surface area contributed by atoms with Gasteiger partial charge in [-0.3, -0.25) is 4.79 Å². The van der Waals surface area contributed by atoms with E-state index in [1.807, 2.05) is 35.6 Å². The van der Waals surface area contributed by atoms with Crippen LogP contribution < -0.4 is 5.32 Å². The van der Waals surface area contributed by atoms with E-state index in [-0.39, 0.29) is 5.91 Å². The van der Waals surface area contributed by atoms with Crippen LogP contribution in [0.25, 0.3) is 11.2 Å². The highest BCUT2D eigenvalue weighted by Crippen LogP contribution is 2.15. The molecule has 0 saturated carbocycles. The van der Waals surface area contributed by atoms with Gasteiger partial charge in [0.1, 0.15) is 11.3 Å². The SMILES string of the molecule is Cc1cnc2c(c1)nc(C)n2CCC(=O)N1CCNCC1. The van der Waals surface area contributed by atoms with E-state index in [9.17, 15) is 4.79 Å². The lowest BCUT2D eigenvalue weighted by atomic mass is 10.3. The predicted molar refractivity (Wildman–Crippen MR) is 81.1 cm³/mol. The van der Waals surface area contributed by atoms with E-state index < -0.39 is 0 Å². The Bertz CT molecular complexity index is 657. The lowest BCUT2D eigenvalue weighted by Gasteiger charge is -2.27. The van der Waals surface area contributed by atoms with Crippen LogP contribution >= 0.6 is 0 Å². The lowest BCUT2D eigenvalue weighted by molar-refractivity contribution is -0.131. The first-order valence-corrected chi connectivity index (χ1v) is 7.43. The van der Waals surface area contributed by atoms with Crippen LogP contribution in [-0.4, -0.2) is 51.5 Å². The van der Waals surface area contributed by atoms with Gasteiger partial charge in [0.25, 0.3) is 0 Å². The molecular formula is C15H21N5O. The fourth-order valence-corrected chi connectivity index (χ4v) is 2.77. The molecule has 0 aliphatic carbocycles. The molecule has 1 fully saturated rings. The van der Waals surface area contributed by atoms with Gasteiger partial charge < -0.3 is 14.8 Å². The summed E-state index contributed by atoms with van der Waals surface area (Å²) in [7, 11) is 0. The van der Waals surface area contributed by atoms with Gasteiger partial charge in [0.15, 0.2) is 5.65 Å². The van der Waals surface area contributed by atoms with Crippen molar-refractivity contribution in [2.75, 3.05) is 26.2 Å². The third-order valence-corrected chi connectivity index (χ3v) is 3.93. The fraction of sp³-hybridized carbons (Fsp3) is 0.533. The number of piperazine rings is 1. The summed E-state index contributed by atoms with van der Waals surface area (Å²) in [5.74, 6) is 1.13. The molecule has 2 aromatic heterocycles. The largest absolute Gasteiger partial charge is 0.340 e. The number of carbonyl (C=O) groups is 1. The second-order valence-electron chi connectivity index (χ2n) is 5.55. The van der Waals surface area contributed by atoms with Crippen molar-refractivity contribution >= 4 is 17.1 Å². The zero-order valence-corrected chi connectivity index (χ0v) is 12.6. The van der Waals surface area contributed by atoms with E-state index in [4.69, 9.17) is 0 Å². The van der Waals surface area contributed by atoms with Crippen molar-refractivity contribution < 1.29 is 4.79 Å². The number of imidazole rings is 1. The van der Waals surface area contributed by atoms with E-state index in [0.29, 0.717) is 13.0 Å². The minimum atomic E-state index is 0.213. The van der Waals surface area contributed by atoms with Gasteiger partial charge in [-0.25, -0.2) is 9.97 Å². The van der Waals surface area contributed by atoms with Crippen LogP contribution in [0, 0.1) is 13.8 Å². The molecule has 2 aromatic rings. The van der Waals surface area contributed by atoms with Crippen LogP contribution in [0.3, 0.4) is 0 Å². The molecule has 0 atom stereocenters. The number of nitrogens with one attached hydrogen (secondary N) is 1. The van der Waals surface area contributed by atoms with Gasteiger partial charge >= 0.3 is 0 Å². The van der Waals surface area contributed by atoms with E-state index in [2.05, 4.69) is 15.3 Å².